The minimum atomic E-state index is 1.10. The molecule has 1 heteroatoms. The van der Waals surface area contributed by atoms with Gasteiger partial charge in [-0.15, -0.1) is 0 Å². The van der Waals surface area contributed by atoms with Crippen molar-refractivity contribution in [1.82, 2.24) is 0 Å². The van der Waals surface area contributed by atoms with Crippen LogP contribution in [0.4, 0.5) is 0 Å². The summed E-state index contributed by atoms with van der Waals surface area (Å²) in [6.07, 6.45) is 3.09. The highest BCUT2D eigenvalue weighted by molar-refractivity contribution is 14.1. The van der Waals surface area contributed by atoms with Crippen molar-refractivity contribution < 1.29 is 0 Å². The Balaban J connectivity index is 2.62. The summed E-state index contributed by atoms with van der Waals surface area (Å²) in [7, 11) is 0. The van der Waals surface area contributed by atoms with E-state index < -0.39 is 0 Å². The van der Waals surface area contributed by atoms with Crippen LogP contribution in [0.1, 0.15) is 13.3 Å². The lowest BCUT2D eigenvalue weighted by Gasteiger charge is -1.62. The van der Waals surface area contributed by atoms with E-state index in [0.29, 0.717) is 0 Å². The maximum atomic E-state index is 2.86. The fourth-order valence-corrected chi connectivity index (χ4v) is 0.518. The Labute approximate surface area is 46.4 Å². The van der Waals surface area contributed by atoms with Gasteiger partial charge in [-0.25, -0.2) is 0 Å². The molecule has 0 N–H and O–H groups in total. The van der Waals surface area contributed by atoms with Crippen molar-refractivity contribution >= 4 is 22.6 Å². The molecule has 29 valence electrons. The molecule has 0 fully saturated rings. The van der Waals surface area contributed by atoms with Gasteiger partial charge in [0.1, 0.15) is 0 Å². The van der Waals surface area contributed by atoms with Crippen LogP contribution >= 0.6 is 22.6 Å². The molecule has 0 aromatic carbocycles. The molecule has 0 saturated heterocycles. The summed E-state index contributed by atoms with van der Waals surface area (Å²) >= 11 is 2.08. The molecule has 0 unspecified atom stereocenters. The lowest BCUT2D eigenvalue weighted by atomic mass is 10.5. The van der Waals surface area contributed by atoms with Crippen molar-refractivity contribution in [3.05, 3.63) is 10.2 Å². The number of hydrogen-bond acceptors (Lipinski definition) is 0. The highest BCUT2D eigenvalue weighted by Gasteiger charge is 1.54. The van der Waals surface area contributed by atoms with E-state index in [1.165, 1.54) is 0 Å². The first kappa shape index (κ1) is 5.47. The second kappa shape index (κ2) is 4.47. The van der Waals surface area contributed by atoms with Gasteiger partial charge >= 0.3 is 0 Å². The Morgan fingerprint density at radius 3 is 2.60 bits per heavy atom. The lowest BCUT2D eigenvalue weighted by molar-refractivity contribution is 1.23. The lowest BCUT2D eigenvalue weighted by Crippen LogP contribution is -1.41. The summed E-state index contributed by atoms with van der Waals surface area (Å²) in [5, 5.41) is 0. The SMILES string of the molecule is CC/C=[C]/I. The van der Waals surface area contributed by atoms with Crippen LogP contribution in [0.2, 0.25) is 0 Å². The molecule has 0 atom stereocenters. The predicted octanol–water partition coefficient (Wildman–Crippen LogP) is 2.15. The Bertz CT molecular complexity index is 30.6. The zero-order valence-corrected chi connectivity index (χ0v) is 5.32. The number of hydrogen-bond donors (Lipinski definition) is 0. The van der Waals surface area contributed by atoms with Crippen LogP contribution in [0, 0.1) is 4.08 Å². The molecule has 0 aromatic heterocycles. The average molecular weight is 181 g/mol. The molecule has 5 heavy (non-hydrogen) atoms. The molecular weight excluding hydrogens is 175 g/mol. The van der Waals surface area contributed by atoms with Crippen molar-refractivity contribution in [2.45, 2.75) is 13.3 Å². The summed E-state index contributed by atoms with van der Waals surface area (Å²) in [4.78, 5) is 0. The predicted molar refractivity (Wildman–Crippen MR) is 32.1 cm³/mol. The van der Waals surface area contributed by atoms with Gasteiger partial charge in [-0.1, -0.05) is 13.0 Å². The highest BCUT2D eigenvalue weighted by atomic mass is 127. The third-order valence-electron chi connectivity index (χ3n) is 0.281. The van der Waals surface area contributed by atoms with Crippen LogP contribution in [0.15, 0.2) is 6.08 Å². The fourth-order valence-electron chi connectivity index (χ4n) is 0.0772. The Kier molecular flexibility index (Phi) is 4.89. The normalized spacial score (nSPS) is 10.0. The van der Waals surface area contributed by atoms with E-state index in [1.54, 1.807) is 0 Å². The van der Waals surface area contributed by atoms with Crippen molar-refractivity contribution in [1.29, 1.82) is 0 Å². The van der Waals surface area contributed by atoms with Gasteiger partial charge in [0.15, 0.2) is 0 Å². The first-order valence-electron chi connectivity index (χ1n) is 1.59. The van der Waals surface area contributed by atoms with Crippen LogP contribution in [0.3, 0.4) is 0 Å². The van der Waals surface area contributed by atoms with Gasteiger partial charge in [-0.3, -0.25) is 0 Å². The molecule has 0 bridgehead atoms. The Morgan fingerprint density at radius 1 is 2.00 bits per heavy atom. The minimum Gasteiger partial charge on any atom is -0.0703 e. The molecule has 0 rings (SSSR count). The molecule has 0 aliphatic heterocycles. The van der Waals surface area contributed by atoms with Gasteiger partial charge in [0.05, 0.1) is 0 Å². The van der Waals surface area contributed by atoms with Crippen molar-refractivity contribution in [2.75, 3.05) is 0 Å². The van der Waals surface area contributed by atoms with Crippen molar-refractivity contribution in [3.8, 4) is 0 Å². The maximum Gasteiger partial charge on any atom is 0.0220 e. The molecule has 0 heterocycles. The zero-order chi connectivity index (χ0) is 4.12. The first-order chi connectivity index (χ1) is 2.41. The van der Waals surface area contributed by atoms with Crippen LogP contribution in [-0.2, 0) is 0 Å². The maximum absolute atomic E-state index is 2.86. The molecular formula is C4H6I. The van der Waals surface area contributed by atoms with E-state index >= 15 is 0 Å². The number of halogens is 1. The van der Waals surface area contributed by atoms with Crippen LogP contribution in [0.5, 0.6) is 0 Å². The van der Waals surface area contributed by atoms with E-state index in [-0.39, 0.29) is 0 Å². The van der Waals surface area contributed by atoms with Crippen molar-refractivity contribution in [2.24, 2.45) is 0 Å². The summed E-state index contributed by atoms with van der Waals surface area (Å²) in [5.41, 5.74) is 0. The standard InChI is InChI=1S/C4H6I/c1-2-3-4-5/h3H,2H2,1H3. The van der Waals surface area contributed by atoms with E-state index in [1.807, 2.05) is 6.08 Å². The van der Waals surface area contributed by atoms with Crippen LogP contribution in [-0.4, -0.2) is 0 Å². The highest BCUT2D eigenvalue weighted by Crippen LogP contribution is 1.82. The third kappa shape index (κ3) is 4.47. The molecule has 0 nitrogen and oxygen atoms in total. The topological polar surface area (TPSA) is 0 Å². The smallest absolute Gasteiger partial charge is 0.0220 e. The quantitative estimate of drug-likeness (QED) is 0.543. The van der Waals surface area contributed by atoms with E-state index in [4.69, 9.17) is 0 Å². The van der Waals surface area contributed by atoms with E-state index in [0.717, 1.165) is 6.42 Å². The summed E-state index contributed by atoms with van der Waals surface area (Å²) in [5.74, 6) is 0. The van der Waals surface area contributed by atoms with Gasteiger partial charge in [-0.05, 0) is 29.0 Å². The van der Waals surface area contributed by atoms with Crippen LogP contribution < -0.4 is 0 Å². The molecule has 1 radical (unpaired) electrons. The van der Waals surface area contributed by atoms with E-state index in [9.17, 15) is 0 Å². The second-order valence-corrected chi connectivity index (χ2v) is 1.34. The van der Waals surface area contributed by atoms with E-state index in [2.05, 4.69) is 33.6 Å². The van der Waals surface area contributed by atoms with Gasteiger partial charge in [0.25, 0.3) is 0 Å². The zero-order valence-electron chi connectivity index (χ0n) is 3.16. The Morgan fingerprint density at radius 2 is 2.60 bits per heavy atom. The molecule has 0 aliphatic rings. The Hall–Kier alpha value is 0.470. The molecule has 0 aliphatic carbocycles. The minimum absolute atomic E-state index is 1.10. The van der Waals surface area contributed by atoms with Gasteiger partial charge < -0.3 is 0 Å². The second-order valence-electron chi connectivity index (χ2n) is 0.721. The fraction of sp³-hybridized carbons (Fsp3) is 0.500. The monoisotopic (exact) mass is 181 g/mol. The molecule has 0 aromatic rings. The molecule has 0 saturated carbocycles. The van der Waals surface area contributed by atoms with Crippen LogP contribution in [0.25, 0.3) is 0 Å². The first-order valence-corrected chi connectivity index (χ1v) is 2.67. The molecule has 0 spiro atoms. The number of allylic oxidation sites excluding steroid dienone is 1. The van der Waals surface area contributed by atoms with Gasteiger partial charge in [0.2, 0.25) is 0 Å². The largest absolute Gasteiger partial charge is 0.0703 e. The average Bonchev–Trinajstić information content (AvgIpc) is 1.41. The summed E-state index contributed by atoms with van der Waals surface area (Å²) in [6, 6.07) is 0. The summed E-state index contributed by atoms with van der Waals surface area (Å²) in [6.45, 7) is 2.09. The molecule has 0 amide bonds. The summed E-state index contributed by atoms with van der Waals surface area (Å²) < 4.78 is 2.86. The van der Waals surface area contributed by atoms with Crippen molar-refractivity contribution in [3.63, 3.8) is 0 Å². The van der Waals surface area contributed by atoms with Gasteiger partial charge in [-0.2, -0.15) is 0 Å². The number of rotatable bonds is 1. The third-order valence-corrected chi connectivity index (χ3v) is 0.722. The van der Waals surface area contributed by atoms with Gasteiger partial charge in [0, 0.05) is 4.08 Å².